The van der Waals surface area contributed by atoms with Crippen LogP contribution in [0.1, 0.15) is 59.8 Å². The van der Waals surface area contributed by atoms with Crippen LogP contribution in [-0.4, -0.2) is 34.9 Å². The highest BCUT2D eigenvalue weighted by Crippen LogP contribution is 2.67. The lowest BCUT2D eigenvalue weighted by Gasteiger charge is -2.54. The molecule has 0 bridgehead atoms. The van der Waals surface area contributed by atoms with Crippen LogP contribution in [0.2, 0.25) is 0 Å². The maximum atomic E-state index is 13.1. The molecule has 4 aliphatic rings. The minimum atomic E-state index is -1.29. The molecule has 0 spiro atoms. The first-order valence-electron chi connectivity index (χ1n) is 11.1. The van der Waals surface area contributed by atoms with Crippen molar-refractivity contribution >= 4 is 17.5 Å². The summed E-state index contributed by atoms with van der Waals surface area (Å²) < 4.78 is 5.96. The third-order valence-corrected chi connectivity index (χ3v) is 8.61. The van der Waals surface area contributed by atoms with Gasteiger partial charge in [0.2, 0.25) is 5.78 Å². The van der Waals surface area contributed by atoms with Gasteiger partial charge in [-0.15, -0.1) is 0 Å². The van der Waals surface area contributed by atoms with E-state index in [0.717, 1.165) is 19.3 Å². The largest absolute Gasteiger partial charge is 0.450 e. The molecule has 5 heteroatoms. The molecule has 0 aliphatic heterocycles. The highest BCUT2D eigenvalue weighted by atomic mass is 16.6. The quantitative estimate of drug-likeness (QED) is 0.562. The molecule has 0 aromatic rings. The molecule has 0 heterocycles. The monoisotopic (exact) mass is 412 g/mol. The van der Waals surface area contributed by atoms with E-state index < -0.39 is 23.6 Å². The van der Waals surface area contributed by atoms with E-state index in [4.69, 9.17) is 4.74 Å². The smallest absolute Gasteiger partial charge is 0.306 e. The van der Waals surface area contributed by atoms with Crippen molar-refractivity contribution in [3.8, 4) is 0 Å². The molecule has 0 aromatic heterocycles. The molecule has 2 saturated carbocycles. The van der Waals surface area contributed by atoms with Gasteiger partial charge in [-0.25, -0.2) is 0 Å². The molecule has 4 aliphatic carbocycles. The van der Waals surface area contributed by atoms with E-state index >= 15 is 0 Å². The van der Waals surface area contributed by atoms with Crippen molar-refractivity contribution in [3.05, 3.63) is 35.5 Å². The maximum absolute atomic E-state index is 13.1. The highest BCUT2D eigenvalue weighted by molar-refractivity contribution is 6.01. The van der Waals surface area contributed by atoms with E-state index in [9.17, 15) is 19.5 Å². The fourth-order valence-electron chi connectivity index (χ4n) is 7.09. The van der Waals surface area contributed by atoms with E-state index in [2.05, 4.69) is 19.9 Å². The van der Waals surface area contributed by atoms with Crippen molar-refractivity contribution < 1.29 is 24.2 Å². The zero-order chi connectivity index (χ0) is 21.9. The van der Waals surface area contributed by atoms with Crippen molar-refractivity contribution in [1.82, 2.24) is 0 Å². The van der Waals surface area contributed by atoms with Crippen molar-refractivity contribution in [3.63, 3.8) is 0 Å². The van der Waals surface area contributed by atoms with Crippen LogP contribution in [0.15, 0.2) is 35.5 Å². The molecule has 4 rings (SSSR count). The number of Topliss-reactive ketones (excluding diaryl/α,β-unsaturated/α-hetero) is 1. The molecular formula is C25H32O5. The van der Waals surface area contributed by atoms with Crippen LogP contribution in [0.5, 0.6) is 0 Å². The number of ether oxygens (including phenoxy) is 1. The zero-order valence-electron chi connectivity index (χ0n) is 18.4. The van der Waals surface area contributed by atoms with Gasteiger partial charge in [0.05, 0.1) is 0 Å². The molecule has 0 amide bonds. The number of aliphatic hydroxyl groups is 1. The Morgan fingerprint density at radius 3 is 2.70 bits per heavy atom. The Kier molecular flexibility index (Phi) is 4.96. The number of fused-ring (bicyclic) bond motifs is 5. The van der Waals surface area contributed by atoms with Crippen LogP contribution in [0, 0.1) is 28.6 Å². The predicted octanol–water partition coefficient (Wildman–Crippen LogP) is 3.71. The molecule has 1 unspecified atom stereocenters. The molecule has 2 fully saturated rings. The molecule has 0 saturated heterocycles. The third-order valence-electron chi connectivity index (χ3n) is 8.61. The molecule has 5 nitrogen and oxygen atoms in total. The second-order valence-electron chi connectivity index (χ2n) is 9.92. The molecule has 30 heavy (non-hydrogen) atoms. The van der Waals surface area contributed by atoms with Crippen LogP contribution < -0.4 is 0 Å². The van der Waals surface area contributed by atoms with E-state index in [0.29, 0.717) is 6.42 Å². The minimum absolute atomic E-state index is 0.0516. The van der Waals surface area contributed by atoms with Gasteiger partial charge in [-0.3, -0.25) is 14.4 Å². The summed E-state index contributed by atoms with van der Waals surface area (Å²) in [6, 6.07) is 0. The number of carbonyl (C=O) groups is 3. The van der Waals surface area contributed by atoms with E-state index in [1.807, 2.05) is 13.0 Å². The number of allylic oxidation sites excluding steroid dienone is 6. The van der Waals surface area contributed by atoms with Gasteiger partial charge in [0, 0.05) is 23.2 Å². The van der Waals surface area contributed by atoms with Gasteiger partial charge in [-0.1, -0.05) is 44.1 Å². The third kappa shape index (κ3) is 2.60. The number of hydrogen-bond acceptors (Lipinski definition) is 5. The second-order valence-corrected chi connectivity index (χ2v) is 9.92. The Hall–Kier alpha value is -2.01. The first-order valence-corrected chi connectivity index (χ1v) is 11.1. The summed E-state index contributed by atoms with van der Waals surface area (Å²) in [6.45, 7) is 7.34. The standard InChI is InChI=1S/C25H32O5/c1-5-22(29)30-25(21(28)14-26)15(2)12-20-18-7-6-16-13-17(27)8-10-23(16,3)19(18)9-11-24(20,25)4/h8-10,13,15,18,20,26H,5-7,11-12,14H2,1-4H3/t15?,18-,20+,23+,24+,25+/m1/s1. The summed E-state index contributed by atoms with van der Waals surface area (Å²) in [4.78, 5) is 37.5. The summed E-state index contributed by atoms with van der Waals surface area (Å²) >= 11 is 0. The van der Waals surface area contributed by atoms with Crippen LogP contribution in [0.25, 0.3) is 0 Å². The normalized spacial score (nSPS) is 41.9. The van der Waals surface area contributed by atoms with Crippen molar-refractivity contribution in [1.29, 1.82) is 0 Å². The summed E-state index contributed by atoms with van der Waals surface area (Å²) in [5.41, 5.74) is 0.386. The minimum Gasteiger partial charge on any atom is -0.450 e. The first-order chi connectivity index (χ1) is 14.1. The average Bonchev–Trinajstić information content (AvgIpc) is 2.95. The van der Waals surface area contributed by atoms with Gasteiger partial charge in [-0.2, -0.15) is 0 Å². The van der Waals surface area contributed by atoms with Crippen LogP contribution >= 0.6 is 0 Å². The van der Waals surface area contributed by atoms with Crippen molar-refractivity contribution in [2.45, 2.75) is 65.4 Å². The van der Waals surface area contributed by atoms with Gasteiger partial charge in [0.25, 0.3) is 0 Å². The van der Waals surface area contributed by atoms with Gasteiger partial charge in [0.15, 0.2) is 11.4 Å². The van der Waals surface area contributed by atoms with Crippen molar-refractivity contribution in [2.75, 3.05) is 6.61 Å². The van der Waals surface area contributed by atoms with Gasteiger partial charge < -0.3 is 9.84 Å². The zero-order valence-corrected chi connectivity index (χ0v) is 18.4. The van der Waals surface area contributed by atoms with E-state index in [1.54, 1.807) is 19.1 Å². The van der Waals surface area contributed by atoms with Crippen LogP contribution in [0.4, 0.5) is 0 Å². The molecule has 6 atom stereocenters. The Balaban J connectivity index is 1.81. The molecule has 162 valence electrons. The number of rotatable bonds is 4. The molecular weight excluding hydrogens is 380 g/mol. The Morgan fingerprint density at radius 2 is 2.03 bits per heavy atom. The lowest BCUT2D eigenvalue weighted by Crippen LogP contribution is -2.59. The highest BCUT2D eigenvalue weighted by Gasteiger charge is 2.69. The molecule has 0 radical (unpaired) electrons. The second kappa shape index (κ2) is 7.01. The summed E-state index contributed by atoms with van der Waals surface area (Å²) in [7, 11) is 0. The number of esters is 1. The topological polar surface area (TPSA) is 80.7 Å². The van der Waals surface area contributed by atoms with Crippen molar-refractivity contribution in [2.24, 2.45) is 28.6 Å². The number of aliphatic hydroxyl groups excluding tert-OH is 1. The predicted molar refractivity (Wildman–Crippen MR) is 112 cm³/mol. The summed E-state index contributed by atoms with van der Waals surface area (Å²) in [5.74, 6) is -0.449. The number of ketones is 2. The molecule has 0 aromatic carbocycles. The fourth-order valence-corrected chi connectivity index (χ4v) is 7.09. The molecule has 1 N–H and O–H groups in total. The van der Waals surface area contributed by atoms with E-state index in [1.165, 1.54) is 11.1 Å². The number of carbonyl (C=O) groups excluding carboxylic acids is 3. The summed E-state index contributed by atoms with van der Waals surface area (Å²) in [5, 5.41) is 9.82. The Bertz CT molecular complexity index is 895. The Labute approximate surface area is 178 Å². The lowest BCUT2D eigenvalue weighted by molar-refractivity contribution is -0.190. The fraction of sp³-hybridized carbons (Fsp3) is 0.640. The first kappa shape index (κ1) is 21.2. The van der Waals surface area contributed by atoms with Crippen LogP contribution in [-0.2, 0) is 19.1 Å². The van der Waals surface area contributed by atoms with Gasteiger partial charge >= 0.3 is 5.97 Å². The lowest BCUT2D eigenvalue weighted by atomic mass is 9.51. The van der Waals surface area contributed by atoms with E-state index in [-0.39, 0.29) is 41.2 Å². The van der Waals surface area contributed by atoms with Gasteiger partial charge in [0.1, 0.15) is 6.61 Å². The maximum Gasteiger partial charge on any atom is 0.306 e. The SMILES string of the molecule is CCC(=O)O[C@]1(C(=O)CO)C(C)C[C@H]2[C@@H]3CCC4=CC(=O)C=C[C@]4(C)C3=CC[C@@]21C. The van der Waals surface area contributed by atoms with Crippen LogP contribution in [0.3, 0.4) is 0 Å². The van der Waals surface area contributed by atoms with Gasteiger partial charge in [-0.05, 0) is 56.6 Å². The Morgan fingerprint density at radius 1 is 1.30 bits per heavy atom. The summed E-state index contributed by atoms with van der Waals surface area (Å²) in [6.07, 6.45) is 11.1. The number of hydrogen-bond donors (Lipinski definition) is 1. The average molecular weight is 413 g/mol.